The smallest absolute Gasteiger partial charge is 0.119 e. The van der Waals surface area contributed by atoms with E-state index in [4.69, 9.17) is 4.74 Å². The monoisotopic (exact) mass is 248 g/mol. The van der Waals surface area contributed by atoms with Gasteiger partial charge in [-0.25, -0.2) is 0 Å². The lowest BCUT2D eigenvalue weighted by Gasteiger charge is -2.29. The Morgan fingerprint density at radius 1 is 1.28 bits per heavy atom. The predicted molar refractivity (Wildman–Crippen MR) is 71.4 cm³/mol. The van der Waals surface area contributed by atoms with E-state index in [1.807, 2.05) is 12.1 Å². The van der Waals surface area contributed by atoms with Crippen LogP contribution in [-0.2, 0) is 4.74 Å². The van der Waals surface area contributed by atoms with Crippen molar-refractivity contribution in [2.75, 3.05) is 44.3 Å². The lowest BCUT2D eigenvalue weighted by molar-refractivity contribution is 0.122. The first-order valence-electron chi connectivity index (χ1n) is 6.71. The fourth-order valence-corrected chi connectivity index (χ4v) is 2.81. The molecule has 2 fully saturated rings. The minimum absolute atomic E-state index is 0.431. The van der Waals surface area contributed by atoms with Crippen molar-refractivity contribution in [3.63, 3.8) is 0 Å². The van der Waals surface area contributed by atoms with Crippen LogP contribution < -0.4 is 10.2 Å². The lowest BCUT2D eigenvalue weighted by Crippen LogP contribution is -2.36. The molecule has 0 spiro atoms. The van der Waals surface area contributed by atoms with Gasteiger partial charge in [-0.05, 0) is 31.2 Å². The largest absolute Gasteiger partial charge is 0.508 e. The Hall–Kier alpha value is -1.26. The van der Waals surface area contributed by atoms with Crippen LogP contribution in [0.4, 0.5) is 5.69 Å². The topological polar surface area (TPSA) is 44.7 Å². The van der Waals surface area contributed by atoms with Crippen molar-refractivity contribution < 1.29 is 9.84 Å². The van der Waals surface area contributed by atoms with Gasteiger partial charge in [-0.15, -0.1) is 0 Å². The molecule has 0 aliphatic carbocycles. The summed E-state index contributed by atoms with van der Waals surface area (Å²) in [6.07, 6.45) is 1.11. The van der Waals surface area contributed by atoms with Crippen molar-refractivity contribution in [3.8, 4) is 5.75 Å². The lowest BCUT2D eigenvalue weighted by atomic mass is 9.96. The van der Waals surface area contributed by atoms with Crippen molar-refractivity contribution in [2.24, 2.45) is 0 Å². The van der Waals surface area contributed by atoms with E-state index >= 15 is 0 Å². The van der Waals surface area contributed by atoms with E-state index in [2.05, 4.69) is 16.3 Å². The fraction of sp³-hybridized carbons (Fsp3) is 0.571. The van der Waals surface area contributed by atoms with Gasteiger partial charge in [0.15, 0.2) is 0 Å². The summed E-state index contributed by atoms with van der Waals surface area (Å²) in [6.45, 7) is 5.48. The standard InChI is InChI=1S/C14H20N2O2/c17-14-2-1-12(16-5-7-18-8-6-16)9-13(14)11-3-4-15-10-11/h1-2,9,11,15,17H,3-8,10H2. The summed E-state index contributed by atoms with van der Waals surface area (Å²) in [5.41, 5.74) is 2.29. The highest BCUT2D eigenvalue weighted by atomic mass is 16.5. The highest BCUT2D eigenvalue weighted by Gasteiger charge is 2.21. The SMILES string of the molecule is Oc1ccc(N2CCOCC2)cc1C1CCNC1. The summed E-state index contributed by atoms with van der Waals surface area (Å²) in [5.74, 6) is 0.881. The molecule has 4 heteroatoms. The van der Waals surface area contributed by atoms with Gasteiger partial charge in [-0.2, -0.15) is 0 Å². The van der Waals surface area contributed by atoms with Gasteiger partial charge in [-0.3, -0.25) is 0 Å². The summed E-state index contributed by atoms with van der Waals surface area (Å²) in [5, 5.41) is 13.4. The van der Waals surface area contributed by atoms with E-state index in [0.717, 1.165) is 51.4 Å². The number of phenols is 1. The van der Waals surface area contributed by atoms with Crippen LogP contribution in [0.25, 0.3) is 0 Å². The maximum absolute atomic E-state index is 10.0. The average molecular weight is 248 g/mol. The summed E-state index contributed by atoms with van der Waals surface area (Å²) < 4.78 is 5.37. The number of ether oxygens (including phenoxy) is 1. The van der Waals surface area contributed by atoms with E-state index in [9.17, 15) is 5.11 Å². The van der Waals surface area contributed by atoms with Crippen molar-refractivity contribution in [1.29, 1.82) is 0 Å². The van der Waals surface area contributed by atoms with Crippen LogP contribution in [0, 0.1) is 0 Å². The Morgan fingerprint density at radius 3 is 2.83 bits per heavy atom. The van der Waals surface area contributed by atoms with Gasteiger partial charge >= 0.3 is 0 Å². The third-order valence-corrected chi connectivity index (χ3v) is 3.89. The van der Waals surface area contributed by atoms with E-state index in [0.29, 0.717) is 11.7 Å². The van der Waals surface area contributed by atoms with Crippen molar-refractivity contribution >= 4 is 5.69 Å². The molecule has 2 saturated heterocycles. The number of morpholine rings is 1. The van der Waals surface area contributed by atoms with Crippen molar-refractivity contribution in [2.45, 2.75) is 12.3 Å². The van der Waals surface area contributed by atoms with E-state index in [1.54, 1.807) is 0 Å². The Balaban J connectivity index is 1.84. The zero-order chi connectivity index (χ0) is 12.4. The third-order valence-electron chi connectivity index (χ3n) is 3.89. The molecule has 0 amide bonds. The fourth-order valence-electron chi connectivity index (χ4n) is 2.81. The molecule has 4 nitrogen and oxygen atoms in total. The molecule has 1 unspecified atom stereocenters. The summed E-state index contributed by atoms with van der Waals surface area (Å²) >= 11 is 0. The molecule has 2 aliphatic heterocycles. The van der Waals surface area contributed by atoms with Crippen LogP contribution in [0.15, 0.2) is 18.2 Å². The molecule has 2 N–H and O–H groups in total. The number of nitrogens with zero attached hydrogens (tertiary/aromatic N) is 1. The zero-order valence-corrected chi connectivity index (χ0v) is 10.6. The number of aromatic hydroxyl groups is 1. The first kappa shape index (κ1) is 11.8. The van der Waals surface area contributed by atoms with Gasteiger partial charge in [0.25, 0.3) is 0 Å². The normalized spacial score (nSPS) is 24.4. The Kier molecular flexibility index (Phi) is 3.39. The molecule has 18 heavy (non-hydrogen) atoms. The zero-order valence-electron chi connectivity index (χ0n) is 10.6. The molecule has 1 atom stereocenters. The van der Waals surface area contributed by atoms with Gasteiger partial charge in [0.05, 0.1) is 13.2 Å². The van der Waals surface area contributed by atoms with Crippen LogP contribution >= 0.6 is 0 Å². The molecule has 98 valence electrons. The maximum Gasteiger partial charge on any atom is 0.119 e. The van der Waals surface area contributed by atoms with Crippen LogP contribution in [-0.4, -0.2) is 44.5 Å². The van der Waals surface area contributed by atoms with Gasteiger partial charge in [0.1, 0.15) is 5.75 Å². The molecular formula is C14H20N2O2. The average Bonchev–Trinajstić information content (AvgIpc) is 2.94. The second kappa shape index (κ2) is 5.16. The minimum Gasteiger partial charge on any atom is -0.508 e. The van der Waals surface area contributed by atoms with Gasteiger partial charge in [-0.1, -0.05) is 0 Å². The highest BCUT2D eigenvalue weighted by Crippen LogP contribution is 2.33. The molecular weight excluding hydrogens is 228 g/mol. The first-order valence-corrected chi connectivity index (χ1v) is 6.71. The third kappa shape index (κ3) is 2.31. The number of nitrogens with one attached hydrogen (secondary N) is 1. The van der Waals surface area contributed by atoms with Gasteiger partial charge in [0, 0.05) is 36.8 Å². The Bertz CT molecular complexity index is 410. The first-order chi connectivity index (χ1) is 8.84. The number of rotatable bonds is 2. The molecule has 3 rings (SSSR count). The van der Waals surface area contributed by atoms with Crippen molar-refractivity contribution in [1.82, 2.24) is 5.32 Å². The van der Waals surface area contributed by atoms with Crippen LogP contribution in [0.5, 0.6) is 5.75 Å². The Labute approximate surface area is 108 Å². The molecule has 0 radical (unpaired) electrons. The number of hydrogen-bond acceptors (Lipinski definition) is 4. The quantitative estimate of drug-likeness (QED) is 0.828. The van der Waals surface area contributed by atoms with E-state index < -0.39 is 0 Å². The predicted octanol–water partition coefficient (Wildman–Crippen LogP) is 1.31. The van der Waals surface area contributed by atoms with E-state index in [1.165, 1.54) is 5.69 Å². The summed E-state index contributed by atoms with van der Waals surface area (Å²) in [4.78, 5) is 2.33. The summed E-state index contributed by atoms with van der Waals surface area (Å²) in [7, 11) is 0. The van der Waals surface area contributed by atoms with Crippen LogP contribution in [0.2, 0.25) is 0 Å². The molecule has 0 bridgehead atoms. The van der Waals surface area contributed by atoms with Gasteiger partial charge < -0.3 is 20.1 Å². The number of phenolic OH excluding ortho intramolecular Hbond substituents is 1. The Morgan fingerprint density at radius 2 is 2.11 bits per heavy atom. The number of anilines is 1. The molecule has 0 saturated carbocycles. The molecule has 1 aromatic rings. The van der Waals surface area contributed by atoms with Gasteiger partial charge in [0.2, 0.25) is 0 Å². The number of benzene rings is 1. The second-order valence-corrected chi connectivity index (χ2v) is 5.03. The van der Waals surface area contributed by atoms with E-state index in [-0.39, 0.29) is 0 Å². The number of hydrogen-bond donors (Lipinski definition) is 2. The molecule has 1 aromatic carbocycles. The second-order valence-electron chi connectivity index (χ2n) is 5.03. The highest BCUT2D eigenvalue weighted by molar-refractivity contribution is 5.54. The van der Waals surface area contributed by atoms with Crippen LogP contribution in [0.3, 0.4) is 0 Å². The van der Waals surface area contributed by atoms with Crippen LogP contribution in [0.1, 0.15) is 17.9 Å². The van der Waals surface area contributed by atoms with Crippen molar-refractivity contribution in [3.05, 3.63) is 23.8 Å². The molecule has 2 heterocycles. The maximum atomic E-state index is 10.0. The minimum atomic E-state index is 0.431. The molecule has 0 aromatic heterocycles. The molecule has 2 aliphatic rings. The summed E-state index contributed by atoms with van der Waals surface area (Å²) in [6, 6.07) is 5.99.